The Morgan fingerprint density at radius 2 is 1.90 bits per heavy atom. The number of amides is 1. The van der Waals surface area contributed by atoms with Gasteiger partial charge in [0.25, 0.3) is 0 Å². The Hall–Kier alpha value is -0.420. The largest absolute Gasteiger partial charge is 0.444 e. The number of carbonyl (C=O) groups excluding carboxylic acids is 1. The minimum absolute atomic E-state index is 0.183. The van der Waals surface area contributed by atoms with Crippen molar-refractivity contribution in [1.29, 1.82) is 0 Å². The summed E-state index contributed by atoms with van der Waals surface area (Å²) < 4.78 is 5.80. The lowest BCUT2D eigenvalue weighted by Crippen LogP contribution is -2.62. The van der Waals surface area contributed by atoms with Gasteiger partial charge in [-0.1, -0.05) is 19.3 Å². The maximum Gasteiger partial charge on any atom is 0.410 e. The highest BCUT2D eigenvalue weighted by molar-refractivity contribution is 8.00. The van der Waals surface area contributed by atoms with Gasteiger partial charge in [-0.05, 0) is 39.9 Å². The van der Waals surface area contributed by atoms with Gasteiger partial charge in [0.1, 0.15) is 5.60 Å². The van der Waals surface area contributed by atoms with Gasteiger partial charge in [0.2, 0.25) is 0 Å². The van der Waals surface area contributed by atoms with Crippen molar-refractivity contribution in [3.63, 3.8) is 0 Å². The Morgan fingerprint density at radius 3 is 2.43 bits per heavy atom. The van der Waals surface area contributed by atoms with E-state index < -0.39 is 5.60 Å². The highest BCUT2D eigenvalue weighted by Crippen LogP contribution is 2.38. The quantitative estimate of drug-likeness (QED) is 0.865. The second-order valence-corrected chi connectivity index (χ2v) is 8.69. The summed E-state index contributed by atoms with van der Waals surface area (Å²) in [7, 11) is 0. The van der Waals surface area contributed by atoms with Gasteiger partial charge in [0, 0.05) is 30.4 Å². The lowest BCUT2D eigenvalue weighted by Gasteiger charge is -2.43. The van der Waals surface area contributed by atoms with Crippen molar-refractivity contribution < 1.29 is 9.53 Å². The molecule has 5 heteroatoms. The van der Waals surface area contributed by atoms with Crippen LogP contribution in [0.4, 0.5) is 4.79 Å². The molecule has 1 aliphatic carbocycles. The van der Waals surface area contributed by atoms with Crippen molar-refractivity contribution in [3.8, 4) is 0 Å². The third kappa shape index (κ3) is 4.78. The second kappa shape index (κ2) is 6.78. The van der Waals surface area contributed by atoms with E-state index in [1.54, 1.807) is 4.90 Å². The fourth-order valence-electron chi connectivity index (χ4n) is 3.06. The molecule has 2 rings (SSSR count). The average Bonchev–Trinajstić information content (AvgIpc) is 2.36. The van der Waals surface area contributed by atoms with Crippen molar-refractivity contribution >= 4 is 17.9 Å². The first kappa shape index (κ1) is 16.9. The van der Waals surface area contributed by atoms with Gasteiger partial charge in [-0.15, -0.1) is 0 Å². The SMILES string of the molecule is CSC1(CNC2CN(C(=O)OC(C)(C)C)C2)CCCCC1. The Balaban J connectivity index is 1.69. The van der Waals surface area contributed by atoms with E-state index in [0.717, 1.165) is 19.6 Å². The minimum Gasteiger partial charge on any atom is -0.444 e. The van der Waals surface area contributed by atoms with Gasteiger partial charge in [-0.2, -0.15) is 11.8 Å². The van der Waals surface area contributed by atoms with Crippen LogP contribution in [-0.4, -0.2) is 53.3 Å². The zero-order valence-corrected chi connectivity index (χ0v) is 14.7. The fourth-order valence-corrected chi connectivity index (χ4v) is 3.99. The normalized spacial score (nSPS) is 22.8. The average molecular weight is 314 g/mol. The molecule has 4 nitrogen and oxygen atoms in total. The number of carbonyl (C=O) groups is 1. The predicted molar refractivity (Wildman–Crippen MR) is 88.9 cm³/mol. The van der Waals surface area contributed by atoms with Crippen molar-refractivity contribution in [2.45, 2.75) is 69.3 Å². The number of rotatable bonds is 4. The summed E-state index contributed by atoms with van der Waals surface area (Å²) in [5.41, 5.74) is -0.402. The Morgan fingerprint density at radius 1 is 1.29 bits per heavy atom. The van der Waals surface area contributed by atoms with Gasteiger partial charge >= 0.3 is 6.09 Å². The number of nitrogens with one attached hydrogen (secondary N) is 1. The maximum absolute atomic E-state index is 11.9. The summed E-state index contributed by atoms with van der Waals surface area (Å²) in [5.74, 6) is 0. The molecule has 21 heavy (non-hydrogen) atoms. The number of thioether (sulfide) groups is 1. The Bertz CT molecular complexity index is 356. The highest BCUT2D eigenvalue weighted by Gasteiger charge is 2.36. The molecule has 0 unspecified atom stereocenters. The van der Waals surface area contributed by atoms with Crippen LogP contribution in [0.5, 0.6) is 0 Å². The number of hydrogen-bond acceptors (Lipinski definition) is 4. The van der Waals surface area contributed by atoms with E-state index in [9.17, 15) is 4.79 Å². The van der Waals surface area contributed by atoms with Crippen LogP contribution in [0.15, 0.2) is 0 Å². The van der Waals surface area contributed by atoms with Crippen LogP contribution in [0.25, 0.3) is 0 Å². The first-order valence-electron chi connectivity index (χ1n) is 8.10. The Kier molecular flexibility index (Phi) is 5.47. The van der Waals surface area contributed by atoms with E-state index in [1.807, 2.05) is 32.5 Å². The number of hydrogen-bond donors (Lipinski definition) is 1. The van der Waals surface area contributed by atoms with E-state index in [2.05, 4.69) is 11.6 Å². The van der Waals surface area contributed by atoms with E-state index in [-0.39, 0.29) is 6.09 Å². The summed E-state index contributed by atoms with van der Waals surface area (Å²) in [6.45, 7) is 8.35. The molecular formula is C16H30N2O2S. The van der Waals surface area contributed by atoms with Crippen molar-refractivity contribution in [2.24, 2.45) is 0 Å². The molecule has 0 atom stereocenters. The van der Waals surface area contributed by atoms with Gasteiger partial charge in [0.15, 0.2) is 0 Å². The molecule has 0 aromatic carbocycles. The summed E-state index contributed by atoms with van der Waals surface area (Å²) >= 11 is 2.02. The molecule has 0 spiro atoms. The topological polar surface area (TPSA) is 41.6 Å². The van der Waals surface area contributed by atoms with Crippen LogP contribution in [0.1, 0.15) is 52.9 Å². The smallest absolute Gasteiger partial charge is 0.410 e. The zero-order valence-electron chi connectivity index (χ0n) is 13.9. The molecule has 122 valence electrons. The molecule has 0 radical (unpaired) electrons. The molecule has 0 bridgehead atoms. The van der Waals surface area contributed by atoms with Crippen LogP contribution < -0.4 is 5.32 Å². The molecule has 0 aromatic heterocycles. The molecule has 1 saturated carbocycles. The van der Waals surface area contributed by atoms with E-state index in [4.69, 9.17) is 4.74 Å². The summed E-state index contributed by atoms with van der Waals surface area (Å²) in [6.07, 6.45) is 8.80. The van der Waals surface area contributed by atoms with Crippen LogP contribution in [0.2, 0.25) is 0 Å². The zero-order chi connectivity index (χ0) is 15.5. The lowest BCUT2D eigenvalue weighted by atomic mass is 9.88. The molecule has 1 N–H and O–H groups in total. The molecule has 1 aliphatic heterocycles. The monoisotopic (exact) mass is 314 g/mol. The molecule has 0 aromatic rings. The molecular weight excluding hydrogens is 284 g/mol. The predicted octanol–water partition coefficient (Wildman–Crippen LogP) is 3.26. The first-order chi connectivity index (χ1) is 9.84. The molecule has 1 amide bonds. The summed E-state index contributed by atoms with van der Waals surface area (Å²) in [6, 6.07) is 0.434. The summed E-state index contributed by atoms with van der Waals surface area (Å²) in [5, 5.41) is 3.66. The number of nitrogens with zero attached hydrogens (tertiary/aromatic N) is 1. The van der Waals surface area contributed by atoms with E-state index >= 15 is 0 Å². The molecule has 2 fully saturated rings. The Labute approximate surface area is 133 Å². The van der Waals surface area contributed by atoms with Crippen LogP contribution in [-0.2, 0) is 4.74 Å². The third-order valence-electron chi connectivity index (χ3n) is 4.44. The minimum atomic E-state index is -0.402. The number of ether oxygens (including phenoxy) is 1. The van der Waals surface area contributed by atoms with Crippen molar-refractivity contribution in [1.82, 2.24) is 10.2 Å². The standard InChI is InChI=1S/C16H30N2O2S/c1-15(2,3)20-14(19)18-10-13(11-18)17-12-16(21-4)8-6-5-7-9-16/h13,17H,5-12H2,1-4H3. The first-order valence-corrected chi connectivity index (χ1v) is 9.32. The van der Waals surface area contributed by atoms with Crippen molar-refractivity contribution in [3.05, 3.63) is 0 Å². The third-order valence-corrected chi connectivity index (χ3v) is 5.86. The van der Waals surface area contributed by atoms with Gasteiger partial charge in [-0.3, -0.25) is 0 Å². The molecule has 1 heterocycles. The maximum atomic E-state index is 11.9. The van der Waals surface area contributed by atoms with E-state index in [0.29, 0.717) is 10.8 Å². The van der Waals surface area contributed by atoms with Gasteiger partial charge in [-0.25, -0.2) is 4.79 Å². The van der Waals surface area contributed by atoms with Crippen LogP contribution in [0, 0.1) is 0 Å². The van der Waals surface area contributed by atoms with Crippen LogP contribution >= 0.6 is 11.8 Å². The number of likely N-dealkylation sites (tertiary alicyclic amines) is 1. The highest BCUT2D eigenvalue weighted by atomic mass is 32.2. The van der Waals surface area contributed by atoms with Gasteiger partial charge < -0.3 is 15.0 Å². The lowest BCUT2D eigenvalue weighted by molar-refractivity contribution is 0.00506. The molecule has 1 saturated heterocycles. The van der Waals surface area contributed by atoms with Crippen LogP contribution in [0.3, 0.4) is 0 Å². The van der Waals surface area contributed by atoms with Crippen molar-refractivity contribution in [2.75, 3.05) is 25.9 Å². The second-order valence-electron chi connectivity index (χ2n) is 7.41. The van der Waals surface area contributed by atoms with Gasteiger partial charge in [0.05, 0.1) is 0 Å². The summed E-state index contributed by atoms with van der Waals surface area (Å²) in [4.78, 5) is 13.7. The molecule has 2 aliphatic rings. The fraction of sp³-hybridized carbons (Fsp3) is 0.938. The van der Waals surface area contributed by atoms with E-state index in [1.165, 1.54) is 32.1 Å².